The summed E-state index contributed by atoms with van der Waals surface area (Å²) in [6.07, 6.45) is -0.0259. The summed E-state index contributed by atoms with van der Waals surface area (Å²) in [7, 11) is 0. The average molecular weight is 260 g/mol. The summed E-state index contributed by atoms with van der Waals surface area (Å²) in [6.45, 7) is 6.01. The van der Waals surface area contributed by atoms with Gasteiger partial charge in [0.05, 0.1) is 6.42 Å². The smallest absolute Gasteiger partial charge is 0.317 e. The van der Waals surface area contributed by atoms with Crippen LogP contribution in [0.15, 0.2) is 0 Å². The van der Waals surface area contributed by atoms with Crippen molar-refractivity contribution < 1.29 is 14.7 Å². The van der Waals surface area contributed by atoms with E-state index in [0.29, 0.717) is 11.2 Å². The molecule has 1 saturated heterocycles. The highest BCUT2D eigenvalue weighted by Crippen LogP contribution is 2.24. The van der Waals surface area contributed by atoms with Crippen molar-refractivity contribution in [1.82, 2.24) is 10.2 Å². The van der Waals surface area contributed by atoms with Crippen molar-refractivity contribution in [2.75, 3.05) is 25.4 Å². The van der Waals surface area contributed by atoms with E-state index in [1.54, 1.807) is 4.90 Å². The zero-order chi connectivity index (χ0) is 12.8. The van der Waals surface area contributed by atoms with Crippen molar-refractivity contribution in [3.63, 3.8) is 0 Å². The van der Waals surface area contributed by atoms with Crippen molar-refractivity contribution in [1.29, 1.82) is 0 Å². The molecule has 0 aliphatic carbocycles. The molecule has 1 rings (SSSR count). The van der Waals surface area contributed by atoms with E-state index in [9.17, 15) is 9.59 Å². The Morgan fingerprint density at radius 1 is 1.53 bits per heavy atom. The van der Waals surface area contributed by atoms with Crippen LogP contribution >= 0.6 is 11.8 Å². The first-order valence-electron chi connectivity index (χ1n) is 5.87. The number of amides is 2. The molecule has 1 aliphatic rings. The Morgan fingerprint density at radius 2 is 2.24 bits per heavy atom. The first kappa shape index (κ1) is 14.2. The molecule has 0 saturated carbocycles. The highest BCUT2D eigenvalue weighted by atomic mass is 32.2. The number of nitrogens with one attached hydrogen (secondary N) is 1. The van der Waals surface area contributed by atoms with Gasteiger partial charge in [-0.1, -0.05) is 13.8 Å². The minimum absolute atomic E-state index is 0.0259. The van der Waals surface area contributed by atoms with Crippen LogP contribution in [0.25, 0.3) is 0 Å². The maximum absolute atomic E-state index is 11.8. The summed E-state index contributed by atoms with van der Waals surface area (Å²) in [5.74, 6) is 0.615. The van der Waals surface area contributed by atoms with E-state index < -0.39 is 5.97 Å². The number of carbonyl (C=O) groups excluding carboxylic acids is 1. The number of carbonyl (C=O) groups is 2. The zero-order valence-electron chi connectivity index (χ0n) is 10.3. The molecule has 1 heterocycles. The molecule has 1 fully saturated rings. The largest absolute Gasteiger partial charge is 0.481 e. The average Bonchev–Trinajstić information content (AvgIpc) is 2.28. The highest BCUT2D eigenvalue weighted by molar-refractivity contribution is 8.00. The Bertz CT molecular complexity index is 284. The minimum Gasteiger partial charge on any atom is -0.481 e. The Hall–Kier alpha value is -0.910. The van der Waals surface area contributed by atoms with Crippen LogP contribution in [-0.2, 0) is 4.79 Å². The molecule has 6 heteroatoms. The summed E-state index contributed by atoms with van der Waals surface area (Å²) in [6, 6.07) is -0.141. The number of thioether (sulfide) groups is 1. The van der Waals surface area contributed by atoms with Gasteiger partial charge in [-0.3, -0.25) is 4.79 Å². The molecule has 0 radical (unpaired) electrons. The SMILES string of the molecule is CC(C)C1CN(C(=O)NCCC(=O)O)CCS1. The number of rotatable bonds is 4. The van der Waals surface area contributed by atoms with Gasteiger partial charge in [-0.25, -0.2) is 4.79 Å². The maximum Gasteiger partial charge on any atom is 0.317 e. The number of nitrogens with zero attached hydrogens (tertiary/aromatic N) is 1. The summed E-state index contributed by atoms with van der Waals surface area (Å²) >= 11 is 1.91. The predicted octanol–water partition coefficient (Wildman–Crippen LogP) is 1.24. The topological polar surface area (TPSA) is 69.6 Å². The molecule has 2 N–H and O–H groups in total. The van der Waals surface area contributed by atoms with Crippen LogP contribution in [0.1, 0.15) is 20.3 Å². The van der Waals surface area contributed by atoms with Crippen LogP contribution in [0.2, 0.25) is 0 Å². The second-order valence-electron chi connectivity index (χ2n) is 4.47. The van der Waals surface area contributed by atoms with E-state index >= 15 is 0 Å². The van der Waals surface area contributed by atoms with Crippen LogP contribution in [0, 0.1) is 5.92 Å². The molecule has 1 unspecified atom stereocenters. The van der Waals surface area contributed by atoms with Crippen molar-refractivity contribution in [3.05, 3.63) is 0 Å². The van der Waals surface area contributed by atoms with Gasteiger partial charge in [0.15, 0.2) is 0 Å². The van der Waals surface area contributed by atoms with E-state index in [2.05, 4.69) is 19.2 Å². The number of hydrogen-bond acceptors (Lipinski definition) is 3. The fourth-order valence-electron chi connectivity index (χ4n) is 1.65. The third kappa shape index (κ3) is 4.85. The van der Waals surface area contributed by atoms with Crippen molar-refractivity contribution in [2.45, 2.75) is 25.5 Å². The van der Waals surface area contributed by atoms with Crippen molar-refractivity contribution in [3.8, 4) is 0 Å². The molecule has 0 aromatic heterocycles. The maximum atomic E-state index is 11.8. The Balaban J connectivity index is 2.33. The number of urea groups is 1. The van der Waals surface area contributed by atoms with Gasteiger partial charge in [0.2, 0.25) is 0 Å². The molecular weight excluding hydrogens is 240 g/mol. The van der Waals surface area contributed by atoms with Gasteiger partial charge in [-0.2, -0.15) is 11.8 Å². The van der Waals surface area contributed by atoms with E-state index in [-0.39, 0.29) is 19.0 Å². The van der Waals surface area contributed by atoms with Crippen LogP contribution in [0.5, 0.6) is 0 Å². The third-order valence-electron chi connectivity index (χ3n) is 2.74. The zero-order valence-corrected chi connectivity index (χ0v) is 11.1. The standard InChI is InChI=1S/C11H20N2O3S/c1-8(2)9-7-13(5-6-17-9)11(16)12-4-3-10(14)15/h8-9H,3-7H2,1-2H3,(H,12,16)(H,14,15). The van der Waals surface area contributed by atoms with Gasteiger partial charge in [0.1, 0.15) is 0 Å². The van der Waals surface area contributed by atoms with Crippen molar-refractivity contribution in [2.24, 2.45) is 5.92 Å². The van der Waals surface area contributed by atoms with Gasteiger partial charge in [-0.15, -0.1) is 0 Å². The van der Waals surface area contributed by atoms with Gasteiger partial charge < -0.3 is 15.3 Å². The molecule has 0 spiro atoms. The molecule has 17 heavy (non-hydrogen) atoms. The van der Waals surface area contributed by atoms with E-state index in [0.717, 1.165) is 18.8 Å². The van der Waals surface area contributed by atoms with Gasteiger partial charge in [0, 0.05) is 30.6 Å². The number of carboxylic acids is 1. The minimum atomic E-state index is -0.889. The lowest BCUT2D eigenvalue weighted by Crippen LogP contribution is -2.48. The fourth-order valence-corrected chi connectivity index (χ4v) is 2.95. The normalized spacial score (nSPS) is 20.4. The van der Waals surface area contributed by atoms with E-state index in [1.165, 1.54) is 0 Å². The van der Waals surface area contributed by atoms with E-state index in [4.69, 9.17) is 5.11 Å². The lowest BCUT2D eigenvalue weighted by atomic mass is 10.1. The van der Waals surface area contributed by atoms with Crippen molar-refractivity contribution >= 4 is 23.8 Å². The fraction of sp³-hybridized carbons (Fsp3) is 0.818. The number of hydrogen-bond donors (Lipinski definition) is 2. The lowest BCUT2D eigenvalue weighted by molar-refractivity contribution is -0.136. The van der Waals surface area contributed by atoms with Crippen LogP contribution in [0.3, 0.4) is 0 Å². The predicted molar refractivity (Wildman–Crippen MR) is 68.3 cm³/mol. The quantitative estimate of drug-likeness (QED) is 0.798. The lowest BCUT2D eigenvalue weighted by Gasteiger charge is -2.34. The van der Waals surface area contributed by atoms with Gasteiger partial charge in [0.25, 0.3) is 0 Å². The molecule has 1 aliphatic heterocycles. The highest BCUT2D eigenvalue weighted by Gasteiger charge is 2.25. The molecule has 0 bridgehead atoms. The molecular formula is C11H20N2O3S. The summed E-state index contributed by atoms with van der Waals surface area (Å²) in [5, 5.41) is 11.6. The summed E-state index contributed by atoms with van der Waals surface area (Å²) in [4.78, 5) is 23.9. The molecule has 1 atom stereocenters. The van der Waals surface area contributed by atoms with Crippen LogP contribution in [0.4, 0.5) is 4.79 Å². The Morgan fingerprint density at radius 3 is 2.82 bits per heavy atom. The summed E-state index contributed by atoms with van der Waals surface area (Å²) in [5.41, 5.74) is 0. The molecule has 0 aromatic rings. The van der Waals surface area contributed by atoms with Crippen LogP contribution < -0.4 is 5.32 Å². The van der Waals surface area contributed by atoms with Crippen LogP contribution in [-0.4, -0.2) is 52.6 Å². The van der Waals surface area contributed by atoms with Gasteiger partial charge in [-0.05, 0) is 5.92 Å². The molecule has 98 valence electrons. The number of aliphatic carboxylic acids is 1. The van der Waals surface area contributed by atoms with E-state index in [1.807, 2.05) is 11.8 Å². The molecule has 0 aromatic carbocycles. The first-order valence-corrected chi connectivity index (χ1v) is 6.91. The Labute approximate surface area is 106 Å². The molecule has 2 amide bonds. The third-order valence-corrected chi connectivity index (χ3v) is 4.28. The second-order valence-corrected chi connectivity index (χ2v) is 5.82. The van der Waals surface area contributed by atoms with Gasteiger partial charge >= 0.3 is 12.0 Å². The molecule has 5 nitrogen and oxygen atoms in total. The number of carboxylic acid groups (broad SMARTS) is 1. The second kappa shape index (κ2) is 6.74. The first-order chi connectivity index (χ1) is 8.00. The monoisotopic (exact) mass is 260 g/mol. The Kier molecular flexibility index (Phi) is 5.61. The summed E-state index contributed by atoms with van der Waals surface area (Å²) < 4.78 is 0.